The fourth-order valence-corrected chi connectivity index (χ4v) is 2.01. The van der Waals surface area contributed by atoms with Gasteiger partial charge in [-0.05, 0) is 43.3 Å². The Labute approximate surface area is 122 Å². The number of aryl methyl sites for hydroxylation is 1. The number of nitrogens with zero attached hydrogens (tertiary/aromatic N) is 1. The quantitative estimate of drug-likeness (QED) is 0.902. The first-order valence-corrected chi connectivity index (χ1v) is 6.77. The normalized spacial score (nSPS) is 10.6. The molecule has 0 spiro atoms. The third-order valence-corrected chi connectivity index (χ3v) is 3.04. The molecule has 2 rings (SSSR count). The Balaban J connectivity index is 2.27. The van der Waals surface area contributed by atoms with Gasteiger partial charge in [-0.2, -0.15) is 0 Å². The van der Waals surface area contributed by atoms with Crippen molar-refractivity contribution in [3.05, 3.63) is 52.4 Å². The Hall–Kier alpha value is -1.65. The van der Waals surface area contributed by atoms with E-state index < -0.39 is 0 Å². The predicted molar refractivity (Wildman–Crippen MR) is 77.8 cm³/mol. The van der Waals surface area contributed by atoms with Gasteiger partial charge in [0.15, 0.2) is 0 Å². The van der Waals surface area contributed by atoms with E-state index in [4.69, 9.17) is 16.3 Å². The van der Waals surface area contributed by atoms with Crippen LogP contribution in [0.15, 0.2) is 30.5 Å². The third-order valence-electron chi connectivity index (χ3n) is 2.80. The first kappa shape index (κ1) is 14.8. The summed E-state index contributed by atoms with van der Waals surface area (Å²) in [6.45, 7) is 5.17. The molecule has 0 atom stereocenters. The van der Waals surface area contributed by atoms with Gasteiger partial charge in [-0.15, -0.1) is 0 Å². The van der Waals surface area contributed by atoms with Crippen molar-refractivity contribution in [2.45, 2.75) is 20.4 Å². The maximum atomic E-state index is 13.3. The van der Waals surface area contributed by atoms with Crippen molar-refractivity contribution in [3.63, 3.8) is 0 Å². The highest BCUT2D eigenvalue weighted by Gasteiger charge is 2.10. The van der Waals surface area contributed by atoms with E-state index in [0.717, 1.165) is 18.3 Å². The molecular formula is C15H16ClFN2O. The molecular weight excluding hydrogens is 279 g/mol. The molecule has 0 saturated carbocycles. The van der Waals surface area contributed by atoms with Crippen molar-refractivity contribution >= 4 is 11.6 Å². The van der Waals surface area contributed by atoms with E-state index in [2.05, 4.69) is 10.3 Å². The molecule has 0 aliphatic heterocycles. The van der Waals surface area contributed by atoms with Gasteiger partial charge in [-0.25, -0.2) is 9.37 Å². The Kier molecular flexibility index (Phi) is 4.93. The van der Waals surface area contributed by atoms with Crippen molar-refractivity contribution in [1.29, 1.82) is 0 Å². The molecule has 3 nitrogen and oxygen atoms in total. The zero-order valence-corrected chi connectivity index (χ0v) is 12.2. The SMILES string of the molecule is CCNCc1cc(F)cnc1Oc1ccc(Cl)cc1C. The van der Waals surface area contributed by atoms with Crippen LogP contribution in [0.1, 0.15) is 18.1 Å². The van der Waals surface area contributed by atoms with Crippen molar-refractivity contribution in [2.24, 2.45) is 0 Å². The number of pyridine rings is 1. The minimum atomic E-state index is -0.377. The Morgan fingerprint density at radius 3 is 2.85 bits per heavy atom. The Morgan fingerprint density at radius 2 is 2.15 bits per heavy atom. The number of halogens is 2. The molecule has 1 aromatic carbocycles. The first-order valence-electron chi connectivity index (χ1n) is 6.39. The average molecular weight is 295 g/mol. The van der Waals surface area contributed by atoms with Crippen LogP contribution in [-0.4, -0.2) is 11.5 Å². The molecule has 0 unspecified atom stereocenters. The van der Waals surface area contributed by atoms with Gasteiger partial charge in [0.2, 0.25) is 5.88 Å². The topological polar surface area (TPSA) is 34.2 Å². The largest absolute Gasteiger partial charge is 0.438 e. The highest BCUT2D eigenvalue weighted by molar-refractivity contribution is 6.30. The maximum absolute atomic E-state index is 13.3. The predicted octanol–water partition coefficient (Wildman–Crippen LogP) is 4.08. The lowest BCUT2D eigenvalue weighted by molar-refractivity contribution is 0.446. The molecule has 0 bridgehead atoms. The molecule has 0 amide bonds. The van der Waals surface area contributed by atoms with E-state index in [1.165, 1.54) is 6.07 Å². The number of ether oxygens (including phenoxy) is 1. The number of nitrogens with one attached hydrogen (secondary N) is 1. The second-order valence-corrected chi connectivity index (χ2v) is 4.85. The summed E-state index contributed by atoms with van der Waals surface area (Å²) < 4.78 is 19.1. The fourth-order valence-electron chi connectivity index (χ4n) is 1.78. The molecule has 5 heteroatoms. The lowest BCUT2D eigenvalue weighted by Crippen LogP contribution is -2.13. The average Bonchev–Trinajstić information content (AvgIpc) is 2.41. The molecule has 0 fully saturated rings. The standard InChI is InChI=1S/C15H16ClFN2O/c1-3-18-8-11-7-13(17)9-19-15(11)20-14-5-4-12(16)6-10(14)2/h4-7,9,18H,3,8H2,1-2H3. The Bertz CT molecular complexity index is 604. The summed E-state index contributed by atoms with van der Waals surface area (Å²) >= 11 is 5.91. The van der Waals surface area contributed by atoms with Gasteiger partial charge in [0.05, 0.1) is 6.20 Å². The molecule has 1 heterocycles. The van der Waals surface area contributed by atoms with Gasteiger partial charge in [-0.1, -0.05) is 18.5 Å². The molecule has 1 aromatic heterocycles. The highest BCUT2D eigenvalue weighted by Crippen LogP contribution is 2.28. The summed E-state index contributed by atoms with van der Waals surface area (Å²) in [4.78, 5) is 4.02. The number of hydrogen-bond donors (Lipinski definition) is 1. The van der Waals surface area contributed by atoms with Crippen LogP contribution >= 0.6 is 11.6 Å². The fraction of sp³-hybridized carbons (Fsp3) is 0.267. The monoisotopic (exact) mass is 294 g/mol. The van der Waals surface area contributed by atoms with E-state index >= 15 is 0 Å². The zero-order valence-electron chi connectivity index (χ0n) is 11.4. The van der Waals surface area contributed by atoms with E-state index in [9.17, 15) is 4.39 Å². The van der Waals surface area contributed by atoms with Gasteiger partial charge in [0.1, 0.15) is 11.6 Å². The van der Waals surface area contributed by atoms with Crippen LogP contribution in [0, 0.1) is 12.7 Å². The summed E-state index contributed by atoms with van der Waals surface area (Å²) in [5.41, 5.74) is 1.58. The summed E-state index contributed by atoms with van der Waals surface area (Å²) in [7, 11) is 0. The summed E-state index contributed by atoms with van der Waals surface area (Å²) in [5.74, 6) is 0.683. The number of rotatable bonds is 5. The van der Waals surface area contributed by atoms with Crippen molar-refractivity contribution in [3.8, 4) is 11.6 Å². The van der Waals surface area contributed by atoms with E-state index in [1.54, 1.807) is 12.1 Å². The van der Waals surface area contributed by atoms with Gasteiger partial charge >= 0.3 is 0 Å². The van der Waals surface area contributed by atoms with E-state index in [0.29, 0.717) is 28.8 Å². The van der Waals surface area contributed by atoms with Crippen LogP contribution in [0.2, 0.25) is 5.02 Å². The third kappa shape index (κ3) is 3.68. The van der Waals surface area contributed by atoms with Crippen LogP contribution in [0.4, 0.5) is 4.39 Å². The molecule has 106 valence electrons. The highest BCUT2D eigenvalue weighted by atomic mass is 35.5. The molecule has 2 aromatic rings. The number of hydrogen-bond acceptors (Lipinski definition) is 3. The lowest BCUT2D eigenvalue weighted by atomic mass is 10.2. The minimum Gasteiger partial charge on any atom is -0.438 e. The summed E-state index contributed by atoms with van der Waals surface area (Å²) in [6, 6.07) is 6.76. The van der Waals surface area contributed by atoms with Gasteiger partial charge < -0.3 is 10.1 Å². The minimum absolute atomic E-state index is 0.377. The van der Waals surface area contributed by atoms with Crippen LogP contribution in [0.3, 0.4) is 0 Å². The van der Waals surface area contributed by atoms with Gasteiger partial charge in [-0.3, -0.25) is 0 Å². The smallest absolute Gasteiger partial charge is 0.223 e. The molecule has 0 saturated heterocycles. The number of benzene rings is 1. The molecule has 20 heavy (non-hydrogen) atoms. The molecule has 1 N–H and O–H groups in total. The second-order valence-electron chi connectivity index (χ2n) is 4.41. The lowest BCUT2D eigenvalue weighted by Gasteiger charge is -2.12. The molecule has 0 radical (unpaired) electrons. The Morgan fingerprint density at radius 1 is 1.35 bits per heavy atom. The van der Waals surface area contributed by atoms with Crippen LogP contribution in [0.25, 0.3) is 0 Å². The van der Waals surface area contributed by atoms with Crippen LogP contribution in [0.5, 0.6) is 11.6 Å². The second kappa shape index (κ2) is 6.68. The maximum Gasteiger partial charge on any atom is 0.223 e. The van der Waals surface area contributed by atoms with Crippen LogP contribution < -0.4 is 10.1 Å². The van der Waals surface area contributed by atoms with Gasteiger partial charge in [0, 0.05) is 17.1 Å². The first-order chi connectivity index (χ1) is 9.60. The van der Waals surface area contributed by atoms with Crippen molar-refractivity contribution in [2.75, 3.05) is 6.54 Å². The summed E-state index contributed by atoms with van der Waals surface area (Å²) in [5, 5.41) is 3.78. The van der Waals surface area contributed by atoms with Crippen molar-refractivity contribution < 1.29 is 9.13 Å². The zero-order chi connectivity index (χ0) is 14.5. The van der Waals surface area contributed by atoms with E-state index in [1.807, 2.05) is 19.9 Å². The van der Waals surface area contributed by atoms with Gasteiger partial charge in [0.25, 0.3) is 0 Å². The number of aromatic nitrogens is 1. The molecule has 0 aliphatic rings. The van der Waals surface area contributed by atoms with Crippen LogP contribution in [-0.2, 0) is 6.54 Å². The van der Waals surface area contributed by atoms with E-state index in [-0.39, 0.29) is 5.82 Å². The summed E-state index contributed by atoms with van der Waals surface area (Å²) in [6.07, 6.45) is 1.15. The van der Waals surface area contributed by atoms with Crippen molar-refractivity contribution in [1.82, 2.24) is 10.3 Å². The molecule has 0 aliphatic carbocycles.